The lowest BCUT2D eigenvalue weighted by Crippen LogP contribution is -2.53. The Morgan fingerprint density at radius 1 is 1.24 bits per heavy atom. The normalized spacial score (nSPS) is 23.7. The van der Waals surface area contributed by atoms with Crippen LogP contribution in [0.4, 0.5) is 0 Å². The van der Waals surface area contributed by atoms with Crippen LogP contribution in [0.25, 0.3) is 0 Å². The highest BCUT2D eigenvalue weighted by Gasteiger charge is 2.36. The molecule has 5 nitrogen and oxygen atoms in total. The molecule has 1 aromatic heterocycles. The molecule has 25 heavy (non-hydrogen) atoms. The molecule has 0 spiro atoms. The van der Waals surface area contributed by atoms with Crippen molar-refractivity contribution in [1.29, 1.82) is 0 Å². The first-order valence-corrected chi connectivity index (χ1v) is 8.88. The molecule has 1 aliphatic rings. The standard InChI is InChI=1S/C20H26N2O3/c1-13-12-24-20(17-8-6-5-7-9-17)15(3)22(13)19(23)11-10-18-14(2)21-25-16(18)4/h5-9,13,15,20H,10-12H2,1-4H3/t13-,15-,20-/m1/s1. The van der Waals surface area contributed by atoms with Crippen LogP contribution in [0.1, 0.15) is 49.0 Å². The van der Waals surface area contributed by atoms with E-state index in [1.165, 1.54) is 0 Å². The Kier molecular flexibility index (Phi) is 5.23. The van der Waals surface area contributed by atoms with Crippen molar-refractivity contribution in [3.63, 3.8) is 0 Å². The van der Waals surface area contributed by atoms with Gasteiger partial charge in [0.2, 0.25) is 5.91 Å². The molecule has 1 amide bonds. The summed E-state index contributed by atoms with van der Waals surface area (Å²) in [6.07, 6.45) is 1.03. The number of benzene rings is 1. The van der Waals surface area contributed by atoms with Crippen LogP contribution in [0.15, 0.2) is 34.9 Å². The second-order valence-electron chi connectivity index (χ2n) is 6.86. The van der Waals surface area contributed by atoms with Crippen LogP contribution in [0.5, 0.6) is 0 Å². The second-order valence-corrected chi connectivity index (χ2v) is 6.86. The fourth-order valence-electron chi connectivity index (χ4n) is 3.72. The second kappa shape index (κ2) is 7.40. The van der Waals surface area contributed by atoms with Gasteiger partial charge >= 0.3 is 0 Å². The summed E-state index contributed by atoms with van der Waals surface area (Å²) >= 11 is 0. The van der Waals surface area contributed by atoms with Gasteiger partial charge in [0.05, 0.1) is 24.4 Å². The van der Waals surface area contributed by atoms with Crippen molar-refractivity contribution in [2.24, 2.45) is 0 Å². The van der Waals surface area contributed by atoms with E-state index in [0.717, 1.165) is 22.6 Å². The van der Waals surface area contributed by atoms with E-state index in [0.29, 0.717) is 19.4 Å². The molecule has 0 saturated carbocycles. The molecule has 2 aromatic rings. The lowest BCUT2D eigenvalue weighted by atomic mass is 9.97. The topological polar surface area (TPSA) is 55.6 Å². The minimum Gasteiger partial charge on any atom is -0.369 e. The molecular formula is C20H26N2O3. The first-order chi connectivity index (χ1) is 12.0. The maximum Gasteiger partial charge on any atom is 0.223 e. The largest absolute Gasteiger partial charge is 0.369 e. The van der Waals surface area contributed by atoms with Crippen LogP contribution in [-0.4, -0.2) is 34.7 Å². The lowest BCUT2D eigenvalue weighted by Gasteiger charge is -2.44. The monoisotopic (exact) mass is 342 g/mol. The number of ether oxygens (including phenoxy) is 1. The predicted molar refractivity (Wildman–Crippen MR) is 95.2 cm³/mol. The number of carbonyl (C=O) groups is 1. The van der Waals surface area contributed by atoms with Gasteiger partial charge in [-0.25, -0.2) is 0 Å². The zero-order valence-corrected chi connectivity index (χ0v) is 15.4. The molecule has 1 fully saturated rings. The van der Waals surface area contributed by atoms with Crippen LogP contribution in [-0.2, 0) is 16.0 Å². The van der Waals surface area contributed by atoms with E-state index in [2.05, 4.69) is 24.2 Å². The molecule has 3 atom stereocenters. The Hall–Kier alpha value is -2.14. The third-order valence-electron chi connectivity index (χ3n) is 5.05. The van der Waals surface area contributed by atoms with E-state index in [9.17, 15) is 4.79 Å². The fraction of sp³-hybridized carbons (Fsp3) is 0.500. The number of hydrogen-bond donors (Lipinski definition) is 0. The number of rotatable bonds is 4. The Morgan fingerprint density at radius 2 is 1.96 bits per heavy atom. The van der Waals surface area contributed by atoms with Gasteiger partial charge in [-0.1, -0.05) is 35.5 Å². The van der Waals surface area contributed by atoms with Crippen molar-refractivity contribution in [1.82, 2.24) is 10.1 Å². The Morgan fingerprint density at radius 3 is 2.60 bits per heavy atom. The summed E-state index contributed by atoms with van der Waals surface area (Å²) in [5.41, 5.74) is 3.03. The van der Waals surface area contributed by atoms with Crippen molar-refractivity contribution < 1.29 is 14.1 Å². The van der Waals surface area contributed by atoms with Crippen molar-refractivity contribution >= 4 is 5.91 Å². The first kappa shape index (κ1) is 17.7. The summed E-state index contributed by atoms with van der Waals surface area (Å²) in [6, 6.07) is 10.2. The Balaban J connectivity index is 1.71. The summed E-state index contributed by atoms with van der Waals surface area (Å²) in [4.78, 5) is 14.9. The molecule has 5 heteroatoms. The lowest BCUT2D eigenvalue weighted by molar-refractivity contribution is -0.153. The number of aromatic nitrogens is 1. The first-order valence-electron chi connectivity index (χ1n) is 8.88. The van der Waals surface area contributed by atoms with Crippen molar-refractivity contribution in [2.45, 2.75) is 58.7 Å². The van der Waals surface area contributed by atoms with Crippen LogP contribution < -0.4 is 0 Å². The Labute approximate surface area is 148 Å². The number of carbonyl (C=O) groups excluding carboxylic acids is 1. The van der Waals surface area contributed by atoms with E-state index in [4.69, 9.17) is 9.26 Å². The Bertz CT molecular complexity index is 706. The molecule has 3 rings (SSSR count). The average molecular weight is 342 g/mol. The van der Waals surface area contributed by atoms with Crippen molar-refractivity contribution in [2.75, 3.05) is 6.61 Å². The zero-order chi connectivity index (χ0) is 18.0. The summed E-state index contributed by atoms with van der Waals surface area (Å²) in [5.74, 6) is 0.958. The summed E-state index contributed by atoms with van der Waals surface area (Å²) < 4.78 is 11.2. The number of nitrogens with zero attached hydrogens (tertiary/aromatic N) is 2. The zero-order valence-electron chi connectivity index (χ0n) is 15.4. The van der Waals surface area contributed by atoms with Gasteiger partial charge in [0.1, 0.15) is 11.9 Å². The molecule has 134 valence electrons. The van der Waals surface area contributed by atoms with Gasteiger partial charge in [0.15, 0.2) is 0 Å². The third kappa shape index (κ3) is 3.61. The van der Waals surface area contributed by atoms with E-state index >= 15 is 0 Å². The summed E-state index contributed by atoms with van der Waals surface area (Å²) in [5, 5.41) is 3.97. The number of morpholine rings is 1. The van der Waals surface area contributed by atoms with Gasteiger partial charge in [0.25, 0.3) is 0 Å². The van der Waals surface area contributed by atoms with Gasteiger partial charge < -0.3 is 14.2 Å². The number of hydrogen-bond acceptors (Lipinski definition) is 4. The minimum atomic E-state index is -0.0829. The molecule has 0 N–H and O–H groups in total. The molecule has 0 unspecified atom stereocenters. The van der Waals surface area contributed by atoms with Crippen LogP contribution >= 0.6 is 0 Å². The third-order valence-corrected chi connectivity index (χ3v) is 5.05. The van der Waals surface area contributed by atoms with E-state index in [1.807, 2.05) is 43.9 Å². The summed E-state index contributed by atoms with van der Waals surface area (Å²) in [6.45, 7) is 8.49. The molecule has 2 heterocycles. The van der Waals surface area contributed by atoms with Crippen molar-refractivity contribution in [3.05, 3.63) is 52.9 Å². The molecule has 0 aliphatic carbocycles. The maximum absolute atomic E-state index is 12.9. The van der Waals surface area contributed by atoms with E-state index in [1.54, 1.807) is 0 Å². The van der Waals surface area contributed by atoms with Crippen LogP contribution in [0.2, 0.25) is 0 Å². The smallest absolute Gasteiger partial charge is 0.223 e. The number of aryl methyl sites for hydroxylation is 2. The minimum absolute atomic E-state index is 0.00307. The molecule has 0 bridgehead atoms. The van der Waals surface area contributed by atoms with Crippen molar-refractivity contribution in [3.8, 4) is 0 Å². The number of amides is 1. The molecule has 1 aromatic carbocycles. The van der Waals surface area contributed by atoms with Gasteiger partial charge in [-0.15, -0.1) is 0 Å². The molecule has 1 aliphatic heterocycles. The maximum atomic E-state index is 12.9. The van der Waals surface area contributed by atoms with Gasteiger partial charge in [-0.3, -0.25) is 4.79 Å². The van der Waals surface area contributed by atoms with Gasteiger partial charge in [-0.2, -0.15) is 0 Å². The fourth-order valence-corrected chi connectivity index (χ4v) is 3.72. The van der Waals surface area contributed by atoms with E-state index < -0.39 is 0 Å². The summed E-state index contributed by atoms with van der Waals surface area (Å²) in [7, 11) is 0. The SMILES string of the molecule is Cc1noc(C)c1CCC(=O)N1[C@H](C)CO[C@@H](c2ccccc2)[C@H]1C. The predicted octanol–water partition coefficient (Wildman–Crippen LogP) is 3.60. The van der Waals surface area contributed by atoms with Gasteiger partial charge in [0, 0.05) is 12.0 Å². The highest BCUT2D eigenvalue weighted by Crippen LogP contribution is 2.31. The average Bonchev–Trinajstić information content (AvgIpc) is 2.92. The molecule has 0 radical (unpaired) electrons. The molecule has 1 saturated heterocycles. The highest BCUT2D eigenvalue weighted by molar-refractivity contribution is 5.77. The van der Waals surface area contributed by atoms with Crippen LogP contribution in [0, 0.1) is 13.8 Å². The highest BCUT2D eigenvalue weighted by atomic mass is 16.5. The quantitative estimate of drug-likeness (QED) is 0.852. The molecular weight excluding hydrogens is 316 g/mol. The van der Waals surface area contributed by atoms with E-state index in [-0.39, 0.29) is 24.1 Å². The van der Waals surface area contributed by atoms with Crippen LogP contribution in [0.3, 0.4) is 0 Å². The van der Waals surface area contributed by atoms with Gasteiger partial charge in [-0.05, 0) is 39.7 Å².